The Balaban J connectivity index is 0.000000266. The van der Waals surface area contributed by atoms with E-state index in [0.29, 0.717) is 5.39 Å². The van der Waals surface area contributed by atoms with Crippen molar-refractivity contribution >= 4 is 17.2 Å². The van der Waals surface area contributed by atoms with Gasteiger partial charge in [0.1, 0.15) is 12.1 Å². The van der Waals surface area contributed by atoms with Gasteiger partial charge in [-0.05, 0) is 92.4 Å². The summed E-state index contributed by atoms with van der Waals surface area (Å²) in [6.07, 6.45) is 2.05. The lowest BCUT2D eigenvalue weighted by atomic mass is 10.1. The van der Waals surface area contributed by atoms with Crippen molar-refractivity contribution in [2.45, 2.75) is 66.5 Å². The molecule has 0 aliphatic heterocycles. The minimum absolute atomic E-state index is 0.0337. The van der Waals surface area contributed by atoms with Gasteiger partial charge in [-0.25, -0.2) is 4.98 Å². The molecule has 8 heteroatoms. The fourth-order valence-corrected chi connectivity index (χ4v) is 4.16. The number of carbonyl (C=O) groups is 1. The van der Waals surface area contributed by atoms with Crippen LogP contribution in [0.25, 0.3) is 16.6 Å². The molecule has 240 valence electrons. The van der Waals surface area contributed by atoms with Crippen molar-refractivity contribution in [3.8, 4) is 17.5 Å². The second kappa shape index (κ2) is 18.7. The molecule has 0 amide bonds. The Hall–Kier alpha value is -5.03. The van der Waals surface area contributed by atoms with Gasteiger partial charge < -0.3 is 4.79 Å². The maximum absolute atomic E-state index is 13.0. The smallest absolute Gasteiger partial charge is 0.304 e. The molecule has 0 radical (unpaired) electrons. The van der Waals surface area contributed by atoms with Gasteiger partial charge in [-0.2, -0.15) is 13.2 Å². The highest BCUT2D eigenvalue weighted by molar-refractivity contribution is 5.77. The van der Waals surface area contributed by atoms with E-state index in [1.54, 1.807) is 10.8 Å². The summed E-state index contributed by atoms with van der Waals surface area (Å²) in [4.78, 5) is 30.4. The Morgan fingerprint density at radius 2 is 1.48 bits per heavy atom. The summed E-state index contributed by atoms with van der Waals surface area (Å²) in [5.41, 5.74) is 4.09. The summed E-state index contributed by atoms with van der Waals surface area (Å²) in [7, 11) is 0. The Labute approximate surface area is 269 Å². The SMILES string of the molecule is CC#Cc1ccc(-n2c(C(C)C)nc3ccccc3c2=O)cc1.CC=O.CCc1ccc(C(F)(F)F)cc1.CCc1cccnc1. The average molecular weight is 628 g/mol. The number of aryl methyl sites for hydroxylation is 2. The number of hydrogen-bond acceptors (Lipinski definition) is 4. The van der Waals surface area contributed by atoms with E-state index >= 15 is 0 Å². The zero-order chi connectivity index (χ0) is 34.1. The van der Waals surface area contributed by atoms with Crippen LogP contribution in [0.2, 0.25) is 0 Å². The van der Waals surface area contributed by atoms with Gasteiger partial charge in [-0.3, -0.25) is 14.3 Å². The van der Waals surface area contributed by atoms with Gasteiger partial charge >= 0.3 is 6.18 Å². The molecule has 0 atom stereocenters. The first-order chi connectivity index (χ1) is 22.0. The van der Waals surface area contributed by atoms with E-state index in [4.69, 9.17) is 9.78 Å². The molecule has 2 heterocycles. The van der Waals surface area contributed by atoms with Gasteiger partial charge in [0, 0.05) is 23.9 Å². The third-order valence-corrected chi connectivity index (χ3v) is 6.53. The molecule has 3 aromatic carbocycles. The Kier molecular flexibility index (Phi) is 15.1. The standard InChI is InChI=1S/C20H18N2O.C9H9F3.C7H9N.C2H4O/c1-4-7-15-10-12-16(13-11-15)22-19(14(2)3)21-18-9-6-5-8-17(18)20(22)23;1-2-7-3-5-8(6-4-7)9(10,11)12;1-2-7-4-3-5-8-6-7;1-2-3/h5-6,8-14H,1-3H3;3-6H,2H2,1H3;3-6H,2H2,1H3;2H,1H3. The minimum Gasteiger partial charge on any atom is -0.304 e. The number of aldehydes is 1. The maximum Gasteiger partial charge on any atom is 0.416 e. The van der Waals surface area contributed by atoms with Crippen LogP contribution >= 0.6 is 0 Å². The van der Waals surface area contributed by atoms with Crippen molar-refractivity contribution in [3.05, 3.63) is 136 Å². The molecule has 0 spiro atoms. The first-order valence-electron chi connectivity index (χ1n) is 15.0. The zero-order valence-corrected chi connectivity index (χ0v) is 27.1. The predicted octanol–water partition coefficient (Wildman–Crippen LogP) is 9.00. The van der Waals surface area contributed by atoms with Crippen LogP contribution in [0.3, 0.4) is 0 Å². The molecule has 0 bridgehead atoms. The Bertz CT molecular complexity index is 1770. The lowest BCUT2D eigenvalue weighted by Crippen LogP contribution is -2.24. The number of pyridine rings is 1. The summed E-state index contributed by atoms with van der Waals surface area (Å²) < 4.78 is 37.8. The number of benzene rings is 3. The molecule has 2 aromatic heterocycles. The third kappa shape index (κ3) is 11.2. The minimum atomic E-state index is -4.22. The highest BCUT2D eigenvalue weighted by Gasteiger charge is 2.29. The average Bonchev–Trinajstić information content (AvgIpc) is 3.06. The third-order valence-electron chi connectivity index (χ3n) is 6.53. The first-order valence-corrected chi connectivity index (χ1v) is 15.0. The molecule has 5 rings (SSSR count). The van der Waals surface area contributed by atoms with Crippen molar-refractivity contribution in [3.63, 3.8) is 0 Å². The van der Waals surface area contributed by atoms with Gasteiger partial charge in [0.2, 0.25) is 0 Å². The van der Waals surface area contributed by atoms with Crippen LogP contribution in [0.4, 0.5) is 13.2 Å². The molecule has 0 saturated carbocycles. The molecule has 5 aromatic rings. The summed E-state index contributed by atoms with van der Waals surface area (Å²) in [5.74, 6) is 6.80. The van der Waals surface area contributed by atoms with E-state index in [9.17, 15) is 18.0 Å². The number of fused-ring (bicyclic) bond motifs is 1. The second-order valence-corrected chi connectivity index (χ2v) is 10.2. The fraction of sp³-hybridized carbons (Fsp3) is 0.263. The van der Waals surface area contributed by atoms with Gasteiger partial charge in [-0.15, -0.1) is 5.92 Å². The lowest BCUT2D eigenvalue weighted by Gasteiger charge is -2.16. The molecule has 0 saturated heterocycles. The normalized spacial score (nSPS) is 10.2. The van der Waals surface area contributed by atoms with Gasteiger partial charge in [0.25, 0.3) is 5.56 Å². The molecule has 0 fully saturated rings. The van der Waals surface area contributed by atoms with Crippen LogP contribution in [-0.4, -0.2) is 20.8 Å². The lowest BCUT2D eigenvalue weighted by molar-refractivity contribution is -0.137. The highest BCUT2D eigenvalue weighted by Crippen LogP contribution is 2.29. The zero-order valence-electron chi connectivity index (χ0n) is 27.1. The molecule has 0 unspecified atom stereocenters. The van der Waals surface area contributed by atoms with Crippen LogP contribution < -0.4 is 5.56 Å². The highest BCUT2D eigenvalue weighted by atomic mass is 19.4. The molecule has 0 aliphatic carbocycles. The van der Waals surface area contributed by atoms with E-state index in [2.05, 4.69) is 29.8 Å². The number of alkyl halides is 3. The van der Waals surface area contributed by atoms with Crippen LogP contribution in [-0.2, 0) is 23.8 Å². The van der Waals surface area contributed by atoms with Crippen molar-refractivity contribution in [2.24, 2.45) is 0 Å². The van der Waals surface area contributed by atoms with E-state index < -0.39 is 11.7 Å². The van der Waals surface area contributed by atoms with Crippen LogP contribution in [0.1, 0.15) is 75.5 Å². The number of hydrogen-bond donors (Lipinski definition) is 0. The van der Waals surface area contributed by atoms with E-state index in [0.717, 1.165) is 59.4 Å². The van der Waals surface area contributed by atoms with Gasteiger partial charge in [0.05, 0.1) is 22.2 Å². The maximum atomic E-state index is 13.0. The predicted molar refractivity (Wildman–Crippen MR) is 180 cm³/mol. The monoisotopic (exact) mass is 627 g/mol. The van der Waals surface area contributed by atoms with Gasteiger partial charge in [-0.1, -0.05) is 63.9 Å². The Morgan fingerprint density at radius 1 is 0.870 bits per heavy atom. The number of nitrogens with zero attached hydrogens (tertiary/aromatic N) is 3. The molecule has 0 aliphatic rings. The molecule has 46 heavy (non-hydrogen) atoms. The largest absolute Gasteiger partial charge is 0.416 e. The van der Waals surface area contributed by atoms with Crippen molar-refractivity contribution < 1.29 is 18.0 Å². The summed E-state index contributed by atoms with van der Waals surface area (Å²) in [5, 5.41) is 0.634. The van der Waals surface area contributed by atoms with Crippen molar-refractivity contribution in [1.29, 1.82) is 0 Å². The number of para-hydroxylation sites is 1. The van der Waals surface area contributed by atoms with E-state index in [1.165, 1.54) is 24.6 Å². The number of carbonyl (C=O) groups excluding carboxylic acids is 1. The summed E-state index contributed by atoms with van der Waals surface area (Å²) >= 11 is 0. The summed E-state index contributed by atoms with van der Waals surface area (Å²) in [6, 6.07) is 24.4. The number of halogens is 3. The Morgan fingerprint density at radius 3 is 1.96 bits per heavy atom. The molecule has 0 N–H and O–H groups in total. The summed E-state index contributed by atoms with van der Waals surface area (Å²) in [6.45, 7) is 11.4. The fourth-order valence-electron chi connectivity index (χ4n) is 4.16. The second-order valence-electron chi connectivity index (χ2n) is 10.2. The van der Waals surface area contributed by atoms with Crippen LogP contribution in [0.5, 0.6) is 0 Å². The van der Waals surface area contributed by atoms with Crippen LogP contribution in [0.15, 0.2) is 102 Å². The molecular formula is C38H40F3N3O2. The van der Waals surface area contributed by atoms with Crippen molar-refractivity contribution in [1.82, 2.24) is 14.5 Å². The topological polar surface area (TPSA) is 64.8 Å². The van der Waals surface area contributed by atoms with E-state index in [1.807, 2.05) is 88.5 Å². The number of aromatic nitrogens is 3. The molecule has 5 nitrogen and oxygen atoms in total. The van der Waals surface area contributed by atoms with Crippen molar-refractivity contribution in [2.75, 3.05) is 0 Å². The van der Waals surface area contributed by atoms with Crippen LogP contribution in [0, 0.1) is 11.8 Å². The van der Waals surface area contributed by atoms with E-state index in [-0.39, 0.29) is 11.5 Å². The number of rotatable bonds is 4. The molecular weight excluding hydrogens is 587 g/mol. The first kappa shape index (κ1) is 37.2. The quantitative estimate of drug-likeness (QED) is 0.147. The van der Waals surface area contributed by atoms with Gasteiger partial charge in [0.15, 0.2) is 0 Å².